The molecule has 1 aliphatic heterocycles. The predicted octanol–water partition coefficient (Wildman–Crippen LogP) is 4.09. The SMILES string of the molecule is CCCCNC(=O)C1CCCN(c2nc3c(-c4ccc(C)cc4)csc3c(=O)[nH]2)C1. The van der Waals surface area contributed by atoms with Gasteiger partial charge >= 0.3 is 0 Å². The van der Waals surface area contributed by atoms with Gasteiger partial charge in [-0.05, 0) is 31.7 Å². The van der Waals surface area contributed by atoms with Gasteiger partial charge in [-0.1, -0.05) is 43.2 Å². The molecule has 1 atom stereocenters. The van der Waals surface area contributed by atoms with E-state index < -0.39 is 0 Å². The lowest BCUT2D eigenvalue weighted by molar-refractivity contribution is -0.125. The Labute approximate surface area is 180 Å². The largest absolute Gasteiger partial charge is 0.356 e. The molecule has 0 radical (unpaired) electrons. The van der Waals surface area contributed by atoms with Gasteiger partial charge in [0, 0.05) is 30.6 Å². The summed E-state index contributed by atoms with van der Waals surface area (Å²) in [5, 5.41) is 5.04. The minimum Gasteiger partial charge on any atom is -0.356 e. The number of carbonyl (C=O) groups is 1. The zero-order valence-electron chi connectivity index (χ0n) is 17.5. The molecule has 0 bridgehead atoms. The Kier molecular flexibility index (Phi) is 6.18. The lowest BCUT2D eigenvalue weighted by Gasteiger charge is -2.32. The third-order valence-electron chi connectivity index (χ3n) is 5.70. The van der Waals surface area contributed by atoms with Crippen LogP contribution in [0.25, 0.3) is 21.3 Å². The van der Waals surface area contributed by atoms with E-state index in [2.05, 4.69) is 48.4 Å². The van der Waals surface area contributed by atoms with Crippen molar-refractivity contribution < 1.29 is 4.79 Å². The molecule has 1 fully saturated rings. The lowest BCUT2D eigenvalue weighted by Crippen LogP contribution is -2.44. The lowest BCUT2D eigenvalue weighted by atomic mass is 9.97. The van der Waals surface area contributed by atoms with Gasteiger partial charge in [-0.15, -0.1) is 11.3 Å². The number of nitrogens with one attached hydrogen (secondary N) is 2. The number of fused-ring (bicyclic) bond motifs is 1. The van der Waals surface area contributed by atoms with Crippen molar-refractivity contribution in [3.8, 4) is 11.1 Å². The van der Waals surface area contributed by atoms with Crippen molar-refractivity contribution in [1.82, 2.24) is 15.3 Å². The van der Waals surface area contributed by atoms with Crippen molar-refractivity contribution >= 4 is 33.4 Å². The second-order valence-electron chi connectivity index (χ2n) is 8.01. The Balaban J connectivity index is 1.61. The van der Waals surface area contributed by atoms with E-state index in [4.69, 9.17) is 4.98 Å². The summed E-state index contributed by atoms with van der Waals surface area (Å²) in [4.78, 5) is 35.1. The third kappa shape index (κ3) is 4.26. The molecule has 6 nitrogen and oxygen atoms in total. The highest BCUT2D eigenvalue weighted by Crippen LogP contribution is 2.32. The van der Waals surface area contributed by atoms with Gasteiger partial charge in [0.15, 0.2) is 0 Å². The third-order valence-corrected chi connectivity index (χ3v) is 6.67. The normalized spacial score (nSPS) is 16.7. The van der Waals surface area contributed by atoms with Crippen molar-refractivity contribution in [3.63, 3.8) is 0 Å². The molecule has 30 heavy (non-hydrogen) atoms. The molecule has 0 spiro atoms. The first-order chi connectivity index (χ1) is 14.6. The van der Waals surface area contributed by atoms with Crippen molar-refractivity contribution in [2.24, 2.45) is 5.92 Å². The summed E-state index contributed by atoms with van der Waals surface area (Å²) >= 11 is 1.42. The first kappa shape index (κ1) is 20.6. The predicted molar refractivity (Wildman–Crippen MR) is 123 cm³/mol. The number of piperidine rings is 1. The molecule has 7 heteroatoms. The summed E-state index contributed by atoms with van der Waals surface area (Å²) in [5.41, 5.74) is 3.85. The van der Waals surface area contributed by atoms with Gasteiger partial charge < -0.3 is 10.2 Å². The number of amides is 1. The molecular formula is C23H28N4O2S. The number of hydrogen-bond donors (Lipinski definition) is 2. The van der Waals surface area contributed by atoms with Crippen LogP contribution in [0, 0.1) is 12.8 Å². The van der Waals surface area contributed by atoms with Gasteiger partial charge in [0.25, 0.3) is 5.56 Å². The Bertz CT molecular complexity index is 1090. The van der Waals surface area contributed by atoms with Crippen molar-refractivity contribution in [1.29, 1.82) is 0 Å². The van der Waals surface area contributed by atoms with Crippen LogP contribution in [-0.4, -0.2) is 35.5 Å². The fourth-order valence-corrected chi connectivity index (χ4v) is 4.83. The molecule has 3 aromatic rings. The molecule has 1 aliphatic rings. The highest BCUT2D eigenvalue weighted by atomic mass is 32.1. The summed E-state index contributed by atoms with van der Waals surface area (Å²) in [7, 11) is 0. The van der Waals surface area contributed by atoms with E-state index >= 15 is 0 Å². The van der Waals surface area contributed by atoms with E-state index in [0.29, 0.717) is 17.2 Å². The standard InChI is InChI=1S/C23H28N4O2S/c1-3-4-11-24-21(28)17-6-5-12-27(13-17)23-25-19-18(14-30-20(19)22(29)26-23)16-9-7-15(2)8-10-16/h7-10,14,17H,3-6,11-13H2,1-2H3,(H,24,28)(H,25,26,29). The number of aromatic amines is 1. The number of nitrogens with zero attached hydrogens (tertiary/aromatic N) is 2. The molecule has 158 valence electrons. The average molecular weight is 425 g/mol. The Hall–Kier alpha value is -2.67. The fraction of sp³-hybridized carbons (Fsp3) is 0.435. The average Bonchev–Trinajstić information content (AvgIpc) is 3.19. The Morgan fingerprint density at radius 1 is 1.33 bits per heavy atom. The van der Waals surface area contributed by atoms with E-state index in [9.17, 15) is 9.59 Å². The van der Waals surface area contributed by atoms with E-state index in [1.54, 1.807) is 0 Å². The van der Waals surface area contributed by atoms with Crippen molar-refractivity contribution in [2.75, 3.05) is 24.5 Å². The molecule has 1 unspecified atom stereocenters. The molecule has 3 heterocycles. The van der Waals surface area contributed by atoms with E-state index in [1.165, 1.54) is 16.9 Å². The molecule has 1 aromatic carbocycles. The summed E-state index contributed by atoms with van der Waals surface area (Å²) in [6.07, 6.45) is 3.83. The number of benzene rings is 1. The number of rotatable bonds is 6. The maximum Gasteiger partial charge on any atom is 0.270 e. The number of carbonyl (C=O) groups excluding carboxylic acids is 1. The molecule has 0 saturated carbocycles. The van der Waals surface area contributed by atoms with Crippen molar-refractivity contribution in [2.45, 2.75) is 39.5 Å². The number of unbranched alkanes of at least 4 members (excludes halogenated alkanes) is 1. The van der Waals surface area contributed by atoms with E-state index in [-0.39, 0.29) is 17.4 Å². The molecule has 0 aliphatic carbocycles. The number of thiophene rings is 1. The van der Waals surface area contributed by atoms with Crippen LogP contribution in [0.4, 0.5) is 5.95 Å². The topological polar surface area (TPSA) is 78.1 Å². The Morgan fingerprint density at radius 3 is 2.90 bits per heavy atom. The van der Waals surface area contributed by atoms with Gasteiger partial charge in [0.2, 0.25) is 11.9 Å². The van der Waals surface area contributed by atoms with Crippen LogP contribution in [0.3, 0.4) is 0 Å². The quantitative estimate of drug-likeness (QED) is 0.584. The van der Waals surface area contributed by atoms with Gasteiger partial charge in [-0.25, -0.2) is 4.98 Å². The minimum atomic E-state index is -0.118. The summed E-state index contributed by atoms with van der Waals surface area (Å²) < 4.78 is 0.639. The number of aromatic nitrogens is 2. The van der Waals surface area contributed by atoms with Crippen LogP contribution in [0.5, 0.6) is 0 Å². The molecular weight excluding hydrogens is 396 g/mol. The molecule has 4 rings (SSSR count). The fourth-order valence-electron chi connectivity index (χ4n) is 3.92. The minimum absolute atomic E-state index is 0.0735. The van der Waals surface area contributed by atoms with Crippen LogP contribution >= 0.6 is 11.3 Å². The second-order valence-corrected chi connectivity index (χ2v) is 8.89. The number of H-pyrrole nitrogens is 1. The van der Waals surface area contributed by atoms with Gasteiger partial charge in [0.05, 0.1) is 11.4 Å². The number of anilines is 1. The first-order valence-corrected chi connectivity index (χ1v) is 11.6. The first-order valence-electron chi connectivity index (χ1n) is 10.7. The van der Waals surface area contributed by atoms with E-state index in [1.807, 2.05) is 10.3 Å². The summed E-state index contributed by atoms with van der Waals surface area (Å²) in [6, 6.07) is 8.27. The van der Waals surface area contributed by atoms with Gasteiger partial charge in [-0.2, -0.15) is 0 Å². The van der Waals surface area contributed by atoms with Crippen LogP contribution < -0.4 is 15.8 Å². The van der Waals surface area contributed by atoms with Crippen LogP contribution in [0.1, 0.15) is 38.2 Å². The molecule has 2 aromatic heterocycles. The smallest absolute Gasteiger partial charge is 0.270 e. The van der Waals surface area contributed by atoms with Gasteiger partial charge in [0.1, 0.15) is 4.70 Å². The number of hydrogen-bond acceptors (Lipinski definition) is 5. The highest BCUT2D eigenvalue weighted by Gasteiger charge is 2.27. The van der Waals surface area contributed by atoms with Crippen LogP contribution in [-0.2, 0) is 4.79 Å². The maximum atomic E-state index is 12.7. The molecule has 1 amide bonds. The number of aryl methyl sites for hydroxylation is 1. The summed E-state index contributed by atoms with van der Waals surface area (Å²) in [6.45, 7) is 6.26. The van der Waals surface area contributed by atoms with Gasteiger partial charge in [-0.3, -0.25) is 14.6 Å². The van der Waals surface area contributed by atoms with Crippen molar-refractivity contribution in [3.05, 3.63) is 45.6 Å². The second kappa shape index (κ2) is 9.00. The zero-order chi connectivity index (χ0) is 21.1. The van der Waals surface area contributed by atoms with E-state index in [0.717, 1.165) is 55.4 Å². The maximum absolute atomic E-state index is 12.7. The Morgan fingerprint density at radius 2 is 2.13 bits per heavy atom. The monoisotopic (exact) mass is 424 g/mol. The highest BCUT2D eigenvalue weighted by molar-refractivity contribution is 7.17. The van der Waals surface area contributed by atoms with Crippen LogP contribution in [0.2, 0.25) is 0 Å². The zero-order valence-corrected chi connectivity index (χ0v) is 18.3. The molecule has 2 N–H and O–H groups in total. The molecule has 1 saturated heterocycles. The summed E-state index contributed by atoms with van der Waals surface area (Å²) in [5.74, 6) is 0.591. The van der Waals surface area contributed by atoms with Crippen LogP contribution in [0.15, 0.2) is 34.4 Å².